The van der Waals surface area contributed by atoms with Crippen LogP contribution in [0.4, 0.5) is 0 Å². The number of rotatable bonds is 7. The summed E-state index contributed by atoms with van der Waals surface area (Å²) in [5, 5.41) is 11.6. The minimum atomic E-state index is -0.889. The number of hydrogen-bond acceptors (Lipinski definition) is 3. The number of aliphatic carboxylic acids is 1. The number of carbonyl (C=O) groups is 2. The van der Waals surface area contributed by atoms with Crippen molar-refractivity contribution in [1.29, 1.82) is 0 Å². The van der Waals surface area contributed by atoms with E-state index in [4.69, 9.17) is 10.8 Å². The Kier molecular flexibility index (Phi) is 6.18. The van der Waals surface area contributed by atoms with Gasteiger partial charge in [-0.1, -0.05) is 38.1 Å². The first-order valence-corrected chi connectivity index (χ1v) is 6.72. The Balaban J connectivity index is 2.61. The molecule has 0 spiro atoms. The summed E-state index contributed by atoms with van der Waals surface area (Å²) in [4.78, 5) is 22.6. The fourth-order valence-corrected chi connectivity index (χ4v) is 1.99. The van der Waals surface area contributed by atoms with E-state index in [-0.39, 0.29) is 12.3 Å². The molecule has 0 saturated carbocycles. The molecule has 1 aromatic rings. The fourth-order valence-electron chi connectivity index (χ4n) is 1.99. The number of nitrogens with two attached hydrogens (primary N) is 1. The molecule has 1 amide bonds. The first-order valence-electron chi connectivity index (χ1n) is 6.72. The van der Waals surface area contributed by atoms with Crippen LogP contribution in [0.2, 0.25) is 0 Å². The van der Waals surface area contributed by atoms with Crippen LogP contribution in [0.1, 0.15) is 31.4 Å². The molecule has 0 aliphatic carbocycles. The third-order valence-electron chi connectivity index (χ3n) is 2.98. The van der Waals surface area contributed by atoms with E-state index < -0.39 is 12.0 Å². The average Bonchev–Trinajstić information content (AvgIpc) is 2.35. The number of carboxylic acids is 1. The minimum absolute atomic E-state index is 0.0515. The number of carbonyl (C=O) groups excluding carboxylic acids is 1. The molecule has 1 aromatic carbocycles. The van der Waals surface area contributed by atoms with Crippen molar-refractivity contribution in [2.24, 2.45) is 11.7 Å². The fraction of sp³-hybridized carbons (Fsp3) is 0.467. The van der Waals surface area contributed by atoms with E-state index in [1.54, 1.807) is 12.1 Å². The Morgan fingerprint density at radius 2 is 1.85 bits per heavy atom. The predicted octanol–water partition coefficient (Wildman–Crippen LogP) is 1.30. The van der Waals surface area contributed by atoms with Crippen LogP contribution in [0.25, 0.3) is 0 Å². The monoisotopic (exact) mass is 278 g/mol. The zero-order chi connectivity index (χ0) is 15.1. The molecule has 1 unspecified atom stereocenters. The molecule has 0 radical (unpaired) electrons. The molecule has 1 atom stereocenters. The molecule has 4 N–H and O–H groups in total. The van der Waals surface area contributed by atoms with Gasteiger partial charge in [0.25, 0.3) is 0 Å². The zero-order valence-corrected chi connectivity index (χ0v) is 11.9. The Bertz CT molecular complexity index is 472. The summed E-state index contributed by atoms with van der Waals surface area (Å²) in [6, 6.07) is 6.65. The van der Waals surface area contributed by atoms with Crippen LogP contribution < -0.4 is 11.1 Å². The van der Waals surface area contributed by atoms with Crippen LogP contribution in [0.5, 0.6) is 0 Å². The second-order valence-electron chi connectivity index (χ2n) is 5.29. The smallest absolute Gasteiger partial charge is 0.307 e. The molecule has 1 rings (SSSR count). The van der Waals surface area contributed by atoms with Crippen LogP contribution in [0.15, 0.2) is 24.3 Å². The van der Waals surface area contributed by atoms with Gasteiger partial charge in [0.05, 0.1) is 12.5 Å². The lowest BCUT2D eigenvalue weighted by atomic mass is 10.0. The quantitative estimate of drug-likeness (QED) is 0.701. The lowest BCUT2D eigenvalue weighted by Crippen LogP contribution is -2.41. The van der Waals surface area contributed by atoms with Gasteiger partial charge in [-0.3, -0.25) is 9.59 Å². The van der Waals surface area contributed by atoms with Gasteiger partial charge in [-0.2, -0.15) is 0 Å². The number of hydrogen-bond donors (Lipinski definition) is 3. The first-order chi connectivity index (χ1) is 9.40. The standard InChI is InChI=1S/C15H22N2O3/c1-10(2)7-13(16)15(20)17-9-12-6-4-3-5-11(12)8-14(18)19/h3-6,10,13H,7-9,16H2,1-2H3,(H,17,20)(H,18,19). The van der Waals surface area contributed by atoms with Crippen molar-refractivity contribution in [3.63, 3.8) is 0 Å². The summed E-state index contributed by atoms with van der Waals surface area (Å²) < 4.78 is 0. The molecule has 0 bridgehead atoms. The van der Waals surface area contributed by atoms with Gasteiger partial charge < -0.3 is 16.2 Å². The number of benzene rings is 1. The van der Waals surface area contributed by atoms with Crippen molar-refractivity contribution in [3.8, 4) is 0 Å². The highest BCUT2D eigenvalue weighted by molar-refractivity contribution is 5.81. The van der Waals surface area contributed by atoms with Gasteiger partial charge in [0.15, 0.2) is 0 Å². The van der Waals surface area contributed by atoms with E-state index in [9.17, 15) is 9.59 Å². The number of carboxylic acid groups (broad SMARTS) is 1. The summed E-state index contributed by atoms with van der Waals surface area (Å²) in [6.07, 6.45) is 0.576. The number of amides is 1. The Morgan fingerprint density at radius 3 is 2.40 bits per heavy atom. The summed E-state index contributed by atoms with van der Waals surface area (Å²) >= 11 is 0. The molecule has 0 fully saturated rings. The van der Waals surface area contributed by atoms with E-state index in [1.807, 2.05) is 26.0 Å². The van der Waals surface area contributed by atoms with E-state index in [2.05, 4.69) is 5.32 Å². The van der Waals surface area contributed by atoms with Crippen molar-refractivity contribution in [2.75, 3.05) is 0 Å². The molecule has 20 heavy (non-hydrogen) atoms. The van der Waals surface area contributed by atoms with Gasteiger partial charge in [-0.25, -0.2) is 0 Å². The van der Waals surface area contributed by atoms with E-state index in [0.717, 1.165) is 5.56 Å². The van der Waals surface area contributed by atoms with Gasteiger partial charge in [-0.05, 0) is 23.5 Å². The highest BCUT2D eigenvalue weighted by atomic mass is 16.4. The average molecular weight is 278 g/mol. The van der Waals surface area contributed by atoms with Gasteiger partial charge >= 0.3 is 5.97 Å². The molecule has 0 saturated heterocycles. The lowest BCUT2D eigenvalue weighted by Gasteiger charge is -2.15. The van der Waals surface area contributed by atoms with Crippen LogP contribution >= 0.6 is 0 Å². The van der Waals surface area contributed by atoms with Crippen molar-refractivity contribution in [2.45, 2.75) is 39.3 Å². The van der Waals surface area contributed by atoms with E-state index in [1.165, 1.54) is 0 Å². The summed E-state index contributed by atoms with van der Waals surface area (Å²) in [5.41, 5.74) is 7.31. The lowest BCUT2D eigenvalue weighted by molar-refractivity contribution is -0.136. The third-order valence-corrected chi connectivity index (χ3v) is 2.98. The van der Waals surface area contributed by atoms with Crippen molar-refractivity contribution >= 4 is 11.9 Å². The van der Waals surface area contributed by atoms with Crippen molar-refractivity contribution in [3.05, 3.63) is 35.4 Å². The molecule has 110 valence electrons. The van der Waals surface area contributed by atoms with Gasteiger partial charge in [0, 0.05) is 6.54 Å². The minimum Gasteiger partial charge on any atom is -0.481 e. The Morgan fingerprint density at radius 1 is 1.25 bits per heavy atom. The van der Waals surface area contributed by atoms with Gasteiger partial charge in [-0.15, -0.1) is 0 Å². The largest absolute Gasteiger partial charge is 0.481 e. The number of nitrogens with one attached hydrogen (secondary N) is 1. The van der Waals surface area contributed by atoms with Crippen LogP contribution in [-0.4, -0.2) is 23.0 Å². The predicted molar refractivity (Wildman–Crippen MR) is 77.1 cm³/mol. The second kappa shape index (κ2) is 7.65. The third kappa shape index (κ3) is 5.40. The SMILES string of the molecule is CC(C)CC(N)C(=O)NCc1ccccc1CC(=O)O. The van der Waals surface area contributed by atoms with Crippen molar-refractivity contribution in [1.82, 2.24) is 5.32 Å². The van der Waals surface area contributed by atoms with E-state index in [0.29, 0.717) is 24.4 Å². The Hall–Kier alpha value is -1.88. The van der Waals surface area contributed by atoms with Crippen molar-refractivity contribution < 1.29 is 14.7 Å². The summed E-state index contributed by atoms with van der Waals surface area (Å²) in [7, 11) is 0. The van der Waals surface area contributed by atoms with Gasteiger partial charge in [0.1, 0.15) is 0 Å². The maximum Gasteiger partial charge on any atom is 0.307 e. The molecule has 0 aliphatic rings. The molecule has 5 heteroatoms. The zero-order valence-electron chi connectivity index (χ0n) is 11.9. The Labute approximate surface area is 119 Å². The van der Waals surface area contributed by atoms with E-state index >= 15 is 0 Å². The second-order valence-corrected chi connectivity index (χ2v) is 5.29. The van der Waals surface area contributed by atoms with Crippen LogP contribution in [0, 0.1) is 5.92 Å². The summed E-state index contributed by atoms with van der Waals surface area (Å²) in [5.74, 6) is -0.737. The van der Waals surface area contributed by atoms with Crippen LogP contribution in [0.3, 0.4) is 0 Å². The summed E-state index contributed by atoms with van der Waals surface area (Å²) in [6.45, 7) is 4.32. The highest BCUT2D eigenvalue weighted by Gasteiger charge is 2.15. The molecule has 5 nitrogen and oxygen atoms in total. The molecular weight excluding hydrogens is 256 g/mol. The van der Waals surface area contributed by atoms with Gasteiger partial charge in [0.2, 0.25) is 5.91 Å². The highest BCUT2D eigenvalue weighted by Crippen LogP contribution is 2.10. The first kappa shape index (κ1) is 16.2. The normalized spacial score (nSPS) is 12.2. The molecule has 0 aromatic heterocycles. The van der Waals surface area contributed by atoms with Crippen LogP contribution in [-0.2, 0) is 22.6 Å². The topological polar surface area (TPSA) is 92.4 Å². The maximum absolute atomic E-state index is 11.8. The maximum atomic E-state index is 11.8. The molecular formula is C15H22N2O3. The molecule has 0 heterocycles. The molecule has 0 aliphatic heterocycles.